The molecule has 5 heteroatoms. The first-order chi connectivity index (χ1) is 9.93. The van der Waals surface area contributed by atoms with Crippen LogP contribution in [-0.4, -0.2) is 38.1 Å². The van der Waals surface area contributed by atoms with Gasteiger partial charge in [0.2, 0.25) is 5.91 Å². The molecule has 1 amide bonds. The molecule has 0 aliphatic carbocycles. The van der Waals surface area contributed by atoms with E-state index < -0.39 is 5.41 Å². The third-order valence-corrected chi connectivity index (χ3v) is 4.43. The molecule has 5 nitrogen and oxygen atoms in total. The molecule has 116 valence electrons. The summed E-state index contributed by atoms with van der Waals surface area (Å²) in [5.74, 6) is 0.429. The van der Waals surface area contributed by atoms with Gasteiger partial charge in [-0.05, 0) is 37.9 Å². The molecule has 0 radical (unpaired) electrons. The molecule has 1 saturated heterocycles. The molecule has 1 atom stereocenters. The summed E-state index contributed by atoms with van der Waals surface area (Å²) in [7, 11) is 3.92. The zero-order chi connectivity index (χ0) is 15.5. The van der Waals surface area contributed by atoms with Crippen LogP contribution in [0.4, 0.5) is 11.4 Å². The van der Waals surface area contributed by atoms with Crippen molar-refractivity contribution < 1.29 is 4.79 Å². The fourth-order valence-electron chi connectivity index (χ4n) is 2.81. The molecular weight excluding hydrogens is 264 g/mol. The van der Waals surface area contributed by atoms with Gasteiger partial charge in [-0.1, -0.05) is 13.8 Å². The molecular formula is C16H26N4O. The second-order valence-corrected chi connectivity index (χ2v) is 6.51. The quantitative estimate of drug-likeness (QED) is 0.892. The minimum atomic E-state index is -0.396. The van der Waals surface area contributed by atoms with Crippen molar-refractivity contribution in [1.29, 1.82) is 0 Å². The number of anilines is 2. The van der Waals surface area contributed by atoms with E-state index in [0.717, 1.165) is 37.3 Å². The highest BCUT2D eigenvalue weighted by Gasteiger charge is 2.37. The van der Waals surface area contributed by atoms with Crippen LogP contribution in [0.5, 0.6) is 0 Å². The smallest absolute Gasteiger partial charge is 0.230 e. The fourth-order valence-corrected chi connectivity index (χ4v) is 2.81. The molecule has 2 rings (SSSR count). The van der Waals surface area contributed by atoms with Gasteiger partial charge in [0.1, 0.15) is 0 Å². The Labute approximate surface area is 127 Å². The number of aromatic nitrogens is 1. The predicted octanol–water partition coefficient (Wildman–Crippen LogP) is 2.11. The number of rotatable bonds is 4. The van der Waals surface area contributed by atoms with E-state index in [-0.39, 0.29) is 5.91 Å². The number of hydrogen-bond donors (Lipinski definition) is 2. The highest BCUT2D eigenvalue weighted by Crippen LogP contribution is 2.34. The Hall–Kier alpha value is -1.62. The van der Waals surface area contributed by atoms with Gasteiger partial charge in [-0.3, -0.25) is 9.78 Å². The molecule has 1 unspecified atom stereocenters. The van der Waals surface area contributed by atoms with Crippen molar-refractivity contribution in [3.05, 3.63) is 18.5 Å². The van der Waals surface area contributed by atoms with Crippen LogP contribution < -0.4 is 15.5 Å². The number of carbonyl (C=O) groups is 1. The molecule has 0 aromatic carbocycles. The Morgan fingerprint density at radius 3 is 2.86 bits per heavy atom. The minimum Gasteiger partial charge on any atom is -0.376 e. The Bertz CT molecular complexity index is 493. The summed E-state index contributed by atoms with van der Waals surface area (Å²) in [5, 5.41) is 6.45. The number of nitrogens with one attached hydrogen (secondary N) is 2. The SMILES string of the molecule is CN(C)c1ccncc1NC(=O)C(C)(C)C1CCCNC1. The highest BCUT2D eigenvalue weighted by atomic mass is 16.2. The van der Waals surface area contributed by atoms with Crippen molar-refractivity contribution in [2.75, 3.05) is 37.4 Å². The van der Waals surface area contributed by atoms with Crippen LogP contribution in [-0.2, 0) is 4.79 Å². The molecule has 0 bridgehead atoms. The predicted molar refractivity (Wildman–Crippen MR) is 86.6 cm³/mol. The molecule has 2 N–H and O–H groups in total. The number of carbonyl (C=O) groups excluding carboxylic acids is 1. The lowest BCUT2D eigenvalue weighted by Gasteiger charge is -2.36. The normalized spacial score (nSPS) is 19.1. The van der Waals surface area contributed by atoms with Gasteiger partial charge >= 0.3 is 0 Å². The van der Waals surface area contributed by atoms with Crippen LogP contribution in [0.25, 0.3) is 0 Å². The topological polar surface area (TPSA) is 57.3 Å². The average Bonchev–Trinajstić information content (AvgIpc) is 2.48. The zero-order valence-corrected chi connectivity index (χ0v) is 13.4. The maximum Gasteiger partial charge on any atom is 0.230 e. The van der Waals surface area contributed by atoms with E-state index in [1.807, 2.05) is 38.9 Å². The van der Waals surface area contributed by atoms with Crippen LogP contribution in [0.3, 0.4) is 0 Å². The van der Waals surface area contributed by atoms with E-state index in [1.54, 1.807) is 12.4 Å². The van der Waals surface area contributed by atoms with Crippen molar-refractivity contribution in [3.63, 3.8) is 0 Å². The molecule has 2 heterocycles. The third kappa shape index (κ3) is 3.53. The Balaban J connectivity index is 2.13. The maximum atomic E-state index is 12.7. The van der Waals surface area contributed by atoms with Crippen LogP contribution in [0.2, 0.25) is 0 Å². The first-order valence-corrected chi connectivity index (χ1v) is 7.56. The first-order valence-electron chi connectivity index (χ1n) is 7.56. The van der Waals surface area contributed by atoms with Crippen molar-refractivity contribution >= 4 is 17.3 Å². The number of amides is 1. The van der Waals surface area contributed by atoms with Crippen molar-refractivity contribution in [2.45, 2.75) is 26.7 Å². The summed E-state index contributed by atoms with van der Waals surface area (Å²) in [4.78, 5) is 18.8. The van der Waals surface area contributed by atoms with Gasteiger partial charge in [-0.15, -0.1) is 0 Å². The van der Waals surface area contributed by atoms with Gasteiger partial charge in [-0.2, -0.15) is 0 Å². The Kier molecular flexibility index (Phi) is 4.83. The molecule has 0 spiro atoms. The van der Waals surface area contributed by atoms with E-state index in [0.29, 0.717) is 5.92 Å². The lowest BCUT2D eigenvalue weighted by Crippen LogP contribution is -2.45. The van der Waals surface area contributed by atoms with Gasteiger partial charge in [-0.25, -0.2) is 0 Å². The van der Waals surface area contributed by atoms with Gasteiger partial charge < -0.3 is 15.5 Å². The second kappa shape index (κ2) is 6.43. The monoisotopic (exact) mass is 290 g/mol. The molecule has 1 aromatic rings. The van der Waals surface area contributed by atoms with Crippen molar-refractivity contribution in [2.24, 2.45) is 11.3 Å². The van der Waals surface area contributed by atoms with Crippen molar-refractivity contribution in [1.82, 2.24) is 10.3 Å². The van der Waals surface area contributed by atoms with Gasteiger partial charge in [0, 0.05) is 25.7 Å². The molecule has 0 saturated carbocycles. The largest absolute Gasteiger partial charge is 0.376 e. The summed E-state index contributed by atoms with van der Waals surface area (Å²) in [6.45, 7) is 6.03. The Morgan fingerprint density at radius 1 is 1.48 bits per heavy atom. The summed E-state index contributed by atoms with van der Waals surface area (Å²) in [5.41, 5.74) is 1.34. The van der Waals surface area contributed by atoms with Gasteiger partial charge in [0.15, 0.2) is 0 Å². The minimum absolute atomic E-state index is 0.0623. The summed E-state index contributed by atoms with van der Waals surface area (Å²) < 4.78 is 0. The van der Waals surface area contributed by atoms with Gasteiger partial charge in [0.25, 0.3) is 0 Å². The molecule has 1 aliphatic rings. The van der Waals surface area contributed by atoms with Gasteiger partial charge in [0.05, 0.1) is 17.6 Å². The fraction of sp³-hybridized carbons (Fsp3) is 0.625. The van der Waals surface area contributed by atoms with E-state index in [2.05, 4.69) is 15.6 Å². The molecule has 21 heavy (non-hydrogen) atoms. The third-order valence-electron chi connectivity index (χ3n) is 4.43. The van der Waals surface area contributed by atoms with Crippen LogP contribution in [0, 0.1) is 11.3 Å². The summed E-state index contributed by atoms with van der Waals surface area (Å²) in [6, 6.07) is 1.91. The second-order valence-electron chi connectivity index (χ2n) is 6.51. The van der Waals surface area contributed by atoms with Crippen LogP contribution >= 0.6 is 0 Å². The molecule has 1 fully saturated rings. The Morgan fingerprint density at radius 2 is 2.24 bits per heavy atom. The summed E-state index contributed by atoms with van der Waals surface area (Å²) >= 11 is 0. The average molecular weight is 290 g/mol. The number of piperidine rings is 1. The van der Waals surface area contributed by atoms with Crippen LogP contribution in [0.15, 0.2) is 18.5 Å². The maximum absolute atomic E-state index is 12.7. The lowest BCUT2D eigenvalue weighted by molar-refractivity contribution is -0.127. The first kappa shape index (κ1) is 15.8. The number of pyridine rings is 1. The lowest BCUT2D eigenvalue weighted by atomic mass is 9.74. The summed E-state index contributed by atoms with van der Waals surface area (Å²) in [6.07, 6.45) is 5.68. The van der Waals surface area contributed by atoms with E-state index in [9.17, 15) is 4.79 Å². The highest BCUT2D eigenvalue weighted by molar-refractivity contribution is 5.97. The van der Waals surface area contributed by atoms with Crippen molar-refractivity contribution in [3.8, 4) is 0 Å². The number of hydrogen-bond acceptors (Lipinski definition) is 4. The van der Waals surface area contributed by atoms with E-state index in [1.165, 1.54) is 0 Å². The van der Waals surface area contributed by atoms with E-state index >= 15 is 0 Å². The molecule has 1 aliphatic heterocycles. The zero-order valence-electron chi connectivity index (χ0n) is 13.4. The number of nitrogens with zero attached hydrogens (tertiary/aromatic N) is 2. The standard InChI is InChI=1S/C16H26N4O/c1-16(2,12-6-5-8-17-10-12)15(21)19-13-11-18-9-7-14(13)20(3)4/h7,9,11-12,17H,5-6,8,10H2,1-4H3,(H,19,21). The van der Waals surface area contributed by atoms with E-state index in [4.69, 9.17) is 0 Å². The van der Waals surface area contributed by atoms with Crippen LogP contribution in [0.1, 0.15) is 26.7 Å². The molecule has 1 aromatic heterocycles.